The van der Waals surface area contributed by atoms with Gasteiger partial charge < -0.3 is 4.98 Å². The molecule has 6 heteroatoms. The van der Waals surface area contributed by atoms with Crippen LogP contribution in [-0.4, -0.2) is 9.97 Å². The number of alkyl halides is 3. The number of rotatable bonds is 2. The fourth-order valence-corrected chi connectivity index (χ4v) is 2.21. The van der Waals surface area contributed by atoms with Crippen LogP contribution in [-0.2, 0) is 6.18 Å². The van der Waals surface area contributed by atoms with Gasteiger partial charge in [-0.25, -0.2) is 9.37 Å². The zero-order valence-electron chi connectivity index (χ0n) is 11.2. The maximum Gasteiger partial charge on any atom is 0.417 e. The van der Waals surface area contributed by atoms with E-state index in [1.54, 1.807) is 24.3 Å². The molecule has 0 fully saturated rings. The third kappa shape index (κ3) is 2.59. The lowest BCUT2D eigenvalue weighted by atomic mass is 10.1. The number of aromatic nitrogens is 2. The molecule has 3 rings (SSSR count). The summed E-state index contributed by atoms with van der Waals surface area (Å²) in [5.74, 6) is -1.12. The molecule has 0 saturated carbocycles. The summed E-state index contributed by atoms with van der Waals surface area (Å²) in [6.45, 7) is 0. The number of nitrogens with one attached hydrogen (secondary N) is 1. The summed E-state index contributed by atoms with van der Waals surface area (Å²) in [5, 5.41) is 0. The second-order valence-corrected chi connectivity index (χ2v) is 4.67. The molecule has 1 N–H and O–H groups in total. The molecule has 0 unspecified atom stereocenters. The number of hydrogen-bond donors (Lipinski definition) is 1. The van der Waals surface area contributed by atoms with Gasteiger partial charge in [0.1, 0.15) is 11.6 Å². The fourth-order valence-electron chi connectivity index (χ4n) is 2.21. The van der Waals surface area contributed by atoms with Gasteiger partial charge in [-0.15, -0.1) is 0 Å². The van der Waals surface area contributed by atoms with E-state index in [1.807, 2.05) is 6.07 Å². The molecule has 0 bridgehead atoms. The van der Waals surface area contributed by atoms with E-state index in [9.17, 15) is 17.6 Å². The largest absolute Gasteiger partial charge is 0.417 e. The van der Waals surface area contributed by atoms with Crippen LogP contribution < -0.4 is 0 Å². The molecule has 0 aliphatic rings. The van der Waals surface area contributed by atoms with Crippen molar-refractivity contribution in [3.05, 3.63) is 66.1 Å². The maximum atomic E-state index is 13.9. The van der Waals surface area contributed by atoms with Crippen LogP contribution in [0.25, 0.3) is 22.6 Å². The molecule has 1 aromatic heterocycles. The number of hydrogen-bond acceptors (Lipinski definition) is 1. The van der Waals surface area contributed by atoms with Crippen LogP contribution >= 0.6 is 0 Å². The molecule has 2 aromatic carbocycles. The maximum absolute atomic E-state index is 13.9. The molecule has 2 nitrogen and oxygen atoms in total. The Balaban J connectivity index is 2.12. The number of aromatic amines is 1. The van der Waals surface area contributed by atoms with Crippen LogP contribution in [0.2, 0.25) is 0 Å². The zero-order chi connectivity index (χ0) is 15.7. The van der Waals surface area contributed by atoms with Crippen molar-refractivity contribution in [3.63, 3.8) is 0 Å². The fraction of sp³-hybridized carbons (Fsp3) is 0.0625. The Morgan fingerprint density at radius 1 is 0.909 bits per heavy atom. The molecule has 112 valence electrons. The molecule has 3 aromatic rings. The number of nitrogens with zero attached hydrogens (tertiary/aromatic N) is 1. The van der Waals surface area contributed by atoms with Crippen molar-refractivity contribution in [2.45, 2.75) is 6.18 Å². The molecule has 0 saturated heterocycles. The minimum atomic E-state index is -4.66. The van der Waals surface area contributed by atoms with Crippen LogP contribution in [0.4, 0.5) is 17.6 Å². The van der Waals surface area contributed by atoms with E-state index < -0.39 is 23.1 Å². The number of benzene rings is 2. The van der Waals surface area contributed by atoms with Crippen molar-refractivity contribution in [1.29, 1.82) is 0 Å². The Kier molecular flexibility index (Phi) is 3.44. The molecule has 1 heterocycles. The zero-order valence-corrected chi connectivity index (χ0v) is 11.2. The Labute approximate surface area is 123 Å². The van der Waals surface area contributed by atoms with Gasteiger partial charge in [-0.3, -0.25) is 0 Å². The van der Waals surface area contributed by atoms with Gasteiger partial charge in [0.2, 0.25) is 0 Å². The van der Waals surface area contributed by atoms with Gasteiger partial charge in [0.05, 0.1) is 23.0 Å². The van der Waals surface area contributed by atoms with E-state index in [0.29, 0.717) is 5.69 Å². The monoisotopic (exact) mass is 306 g/mol. The lowest BCUT2D eigenvalue weighted by molar-refractivity contribution is -0.137. The first-order valence-electron chi connectivity index (χ1n) is 6.43. The van der Waals surface area contributed by atoms with Gasteiger partial charge in [0.15, 0.2) is 0 Å². The first kappa shape index (κ1) is 14.3. The van der Waals surface area contributed by atoms with Crippen LogP contribution in [0, 0.1) is 5.82 Å². The molecular formula is C16H10F4N2. The van der Waals surface area contributed by atoms with E-state index in [1.165, 1.54) is 6.20 Å². The highest BCUT2D eigenvalue weighted by Crippen LogP contribution is 2.37. The van der Waals surface area contributed by atoms with E-state index in [2.05, 4.69) is 9.97 Å². The Hall–Kier alpha value is -2.63. The van der Waals surface area contributed by atoms with Crippen LogP contribution in [0.1, 0.15) is 5.56 Å². The van der Waals surface area contributed by atoms with Crippen LogP contribution in [0.5, 0.6) is 0 Å². The van der Waals surface area contributed by atoms with Gasteiger partial charge in [-0.05, 0) is 17.7 Å². The normalized spacial score (nSPS) is 11.6. The van der Waals surface area contributed by atoms with E-state index in [-0.39, 0.29) is 5.82 Å². The Morgan fingerprint density at radius 3 is 2.32 bits per heavy atom. The average Bonchev–Trinajstić information content (AvgIpc) is 2.96. The molecule has 0 aliphatic carbocycles. The van der Waals surface area contributed by atoms with E-state index in [0.717, 1.165) is 23.8 Å². The predicted molar refractivity (Wildman–Crippen MR) is 74.4 cm³/mol. The van der Waals surface area contributed by atoms with Gasteiger partial charge in [0, 0.05) is 0 Å². The molecule has 0 aliphatic heterocycles. The minimum Gasteiger partial charge on any atom is -0.338 e. The van der Waals surface area contributed by atoms with Crippen LogP contribution in [0.15, 0.2) is 54.7 Å². The summed E-state index contributed by atoms with van der Waals surface area (Å²) in [5.41, 5.74) is -0.350. The molecule has 0 amide bonds. The standard InChI is InChI=1S/C16H10F4N2/c17-12-8-4-7-11(16(18,19)20)14(12)15-21-9-13(22-15)10-5-2-1-3-6-10/h1-9H,(H,21,22). The number of imidazole rings is 1. The van der Waals surface area contributed by atoms with Gasteiger partial charge in [-0.2, -0.15) is 13.2 Å². The smallest absolute Gasteiger partial charge is 0.338 e. The number of halogens is 4. The second-order valence-electron chi connectivity index (χ2n) is 4.67. The van der Waals surface area contributed by atoms with Crippen molar-refractivity contribution in [1.82, 2.24) is 9.97 Å². The van der Waals surface area contributed by atoms with Gasteiger partial charge in [-0.1, -0.05) is 36.4 Å². The summed E-state index contributed by atoms with van der Waals surface area (Å²) in [6.07, 6.45) is -3.27. The average molecular weight is 306 g/mol. The van der Waals surface area contributed by atoms with Crippen LogP contribution in [0.3, 0.4) is 0 Å². The van der Waals surface area contributed by atoms with Crippen molar-refractivity contribution in [2.75, 3.05) is 0 Å². The first-order chi connectivity index (χ1) is 10.5. The number of H-pyrrole nitrogens is 1. The summed E-state index contributed by atoms with van der Waals surface area (Å²) in [7, 11) is 0. The quantitative estimate of drug-likeness (QED) is 0.670. The van der Waals surface area contributed by atoms with E-state index in [4.69, 9.17) is 0 Å². The van der Waals surface area contributed by atoms with Crippen molar-refractivity contribution in [2.24, 2.45) is 0 Å². The van der Waals surface area contributed by atoms with Gasteiger partial charge >= 0.3 is 6.18 Å². The van der Waals surface area contributed by atoms with Crippen molar-refractivity contribution >= 4 is 0 Å². The molecule has 0 spiro atoms. The lowest BCUT2D eigenvalue weighted by Gasteiger charge is -2.11. The molecular weight excluding hydrogens is 296 g/mol. The van der Waals surface area contributed by atoms with E-state index >= 15 is 0 Å². The Morgan fingerprint density at radius 2 is 1.64 bits per heavy atom. The molecule has 0 atom stereocenters. The highest BCUT2D eigenvalue weighted by atomic mass is 19.4. The lowest BCUT2D eigenvalue weighted by Crippen LogP contribution is -2.09. The predicted octanol–water partition coefficient (Wildman–Crippen LogP) is 4.90. The minimum absolute atomic E-state index is 0.149. The third-order valence-electron chi connectivity index (χ3n) is 3.22. The first-order valence-corrected chi connectivity index (χ1v) is 6.43. The SMILES string of the molecule is Fc1cccc(C(F)(F)F)c1-c1ncc(-c2ccccc2)[nH]1. The molecule has 0 radical (unpaired) electrons. The Bertz CT molecular complexity index is 791. The summed E-state index contributed by atoms with van der Waals surface area (Å²) >= 11 is 0. The third-order valence-corrected chi connectivity index (χ3v) is 3.22. The van der Waals surface area contributed by atoms with Crippen molar-refractivity contribution in [3.8, 4) is 22.6 Å². The highest BCUT2D eigenvalue weighted by molar-refractivity contribution is 5.67. The topological polar surface area (TPSA) is 28.7 Å². The summed E-state index contributed by atoms with van der Waals surface area (Å²) in [4.78, 5) is 6.65. The van der Waals surface area contributed by atoms with Crippen molar-refractivity contribution < 1.29 is 17.6 Å². The highest BCUT2D eigenvalue weighted by Gasteiger charge is 2.35. The second kappa shape index (κ2) is 5.29. The molecule has 22 heavy (non-hydrogen) atoms. The summed E-state index contributed by atoms with van der Waals surface area (Å²) in [6, 6.07) is 11.8. The van der Waals surface area contributed by atoms with Gasteiger partial charge in [0.25, 0.3) is 0 Å². The summed E-state index contributed by atoms with van der Waals surface area (Å²) < 4.78 is 53.0.